The van der Waals surface area contributed by atoms with Crippen LogP contribution in [0.3, 0.4) is 0 Å². The number of aryl methyl sites for hydroxylation is 8. The van der Waals surface area contributed by atoms with Gasteiger partial charge in [0.15, 0.2) is 0 Å². The van der Waals surface area contributed by atoms with Gasteiger partial charge in [-0.1, -0.05) is 141 Å². The first kappa shape index (κ1) is 39.2. The van der Waals surface area contributed by atoms with Gasteiger partial charge in [0.25, 0.3) is 0 Å². The third kappa shape index (κ3) is 9.25. The molecule has 2 heteroatoms. The SMILES string of the molecule is Cc1cc(C)cc(-c2cc(C#C[C@@H]3CC[C@@H](C#Cc4cc(-c5cc(C)cc(C)c5)cc(-c5cc(C)cc(C)c5)c4)N3c3ccncc3)cc(-c3cc(C)cc(C)c3)c2)c1. The van der Waals surface area contributed by atoms with Crippen LogP contribution in [0.1, 0.15) is 68.5 Å². The van der Waals surface area contributed by atoms with Gasteiger partial charge in [-0.05, 0) is 161 Å². The van der Waals surface area contributed by atoms with Crippen LogP contribution < -0.4 is 4.90 Å². The Morgan fingerprint density at radius 3 is 0.932 bits per heavy atom. The van der Waals surface area contributed by atoms with Gasteiger partial charge >= 0.3 is 0 Å². The number of hydrogen-bond donors (Lipinski definition) is 0. The van der Waals surface area contributed by atoms with Crippen LogP contribution in [-0.2, 0) is 0 Å². The number of pyridine rings is 1. The Kier molecular flexibility index (Phi) is 11.1. The Balaban J connectivity index is 1.18. The van der Waals surface area contributed by atoms with Crippen LogP contribution in [0.15, 0.2) is 134 Å². The summed E-state index contributed by atoms with van der Waals surface area (Å²) in [5.74, 6) is 14.8. The summed E-state index contributed by atoms with van der Waals surface area (Å²) in [5, 5.41) is 0. The summed E-state index contributed by atoms with van der Waals surface area (Å²) >= 11 is 0. The first-order chi connectivity index (χ1) is 28.4. The van der Waals surface area contributed by atoms with Gasteiger partial charge in [0, 0.05) is 29.2 Å². The second-order valence-corrected chi connectivity index (χ2v) is 16.9. The lowest BCUT2D eigenvalue weighted by atomic mass is 9.93. The average Bonchev–Trinajstić information content (AvgIpc) is 3.60. The van der Waals surface area contributed by atoms with Crippen molar-refractivity contribution in [1.29, 1.82) is 0 Å². The molecule has 1 aromatic heterocycles. The molecule has 1 aliphatic heterocycles. The van der Waals surface area contributed by atoms with E-state index in [2.05, 4.69) is 210 Å². The Labute approximate surface area is 352 Å². The second kappa shape index (κ2) is 16.7. The van der Waals surface area contributed by atoms with Crippen molar-refractivity contribution in [1.82, 2.24) is 4.98 Å². The normalized spacial score (nSPS) is 14.7. The number of aromatic nitrogens is 1. The third-order valence-corrected chi connectivity index (χ3v) is 11.2. The molecule has 2 atom stereocenters. The van der Waals surface area contributed by atoms with Crippen molar-refractivity contribution in [3.63, 3.8) is 0 Å². The van der Waals surface area contributed by atoms with E-state index in [1.807, 2.05) is 12.4 Å². The third-order valence-electron chi connectivity index (χ3n) is 11.2. The summed E-state index contributed by atoms with van der Waals surface area (Å²) in [5.41, 5.74) is 22.8. The van der Waals surface area contributed by atoms with Crippen LogP contribution in [0.5, 0.6) is 0 Å². The predicted molar refractivity (Wildman–Crippen MR) is 250 cm³/mol. The zero-order valence-corrected chi connectivity index (χ0v) is 35.7. The van der Waals surface area contributed by atoms with Gasteiger partial charge < -0.3 is 4.90 Å². The molecule has 59 heavy (non-hydrogen) atoms. The number of hydrogen-bond acceptors (Lipinski definition) is 2. The van der Waals surface area contributed by atoms with Crippen molar-refractivity contribution >= 4 is 5.69 Å². The van der Waals surface area contributed by atoms with Crippen LogP contribution >= 0.6 is 0 Å². The Hall–Kier alpha value is -6.61. The molecule has 0 spiro atoms. The van der Waals surface area contributed by atoms with E-state index < -0.39 is 0 Å². The highest BCUT2D eigenvalue weighted by atomic mass is 15.2. The number of benzene rings is 6. The summed E-state index contributed by atoms with van der Waals surface area (Å²) in [6, 6.07) is 45.0. The standard InChI is InChI=1S/C57H52N2/c1-37-19-38(2)24-47(23-37)51-31-45(32-52(35-51)48-25-39(3)20-40(4)26-48)9-11-55-13-14-56(59(55)57-15-17-58-18-16-57)12-10-46-33-53(49-27-41(5)21-42(6)28-49)36-54(34-46)50-29-43(7)22-44(8)30-50/h15-36,55-56H,13-14H2,1-8H3/t55-,56-/m1/s1. The molecule has 290 valence electrons. The van der Waals surface area contributed by atoms with Gasteiger partial charge in [-0.25, -0.2) is 0 Å². The molecule has 8 rings (SSSR count). The molecule has 7 aromatic rings. The van der Waals surface area contributed by atoms with E-state index in [1.54, 1.807) is 0 Å². The van der Waals surface area contributed by atoms with Crippen molar-refractivity contribution in [2.45, 2.75) is 80.3 Å². The molecule has 1 saturated heterocycles. The van der Waals surface area contributed by atoms with Crippen molar-refractivity contribution in [2.75, 3.05) is 4.90 Å². The van der Waals surface area contributed by atoms with E-state index >= 15 is 0 Å². The van der Waals surface area contributed by atoms with E-state index in [-0.39, 0.29) is 12.1 Å². The highest BCUT2D eigenvalue weighted by Crippen LogP contribution is 2.34. The van der Waals surface area contributed by atoms with Gasteiger partial charge in [-0.3, -0.25) is 4.98 Å². The van der Waals surface area contributed by atoms with E-state index in [0.29, 0.717) is 0 Å². The minimum atomic E-state index is -0.00123. The maximum absolute atomic E-state index is 4.36. The van der Waals surface area contributed by atoms with Crippen LogP contribution in [0.2, 0.25) is 0 Å². The highest BCUT2D eigenvalue weighted by Gasteiger charge is 2.31. The second-order valence-electron chi connectivity index (χ2n) is 16.9. The van der Waals surface area contributed by atoms with Crippen molar-refractivity contribution in [3.05, 3.63) is 189 Å². The lowest BCUT2D eigenvalue weighted by Crippen LogP contribution is -2.34. The summed E-state index contributed by atoms with van der Waals surface area (Å²) < 4.78 is 0. The van der Waals surface area contributed by atoms with E-state index in [9.17, 15) is 0 Å². The molecule has 1 fully saturated rings. The minimum Gasteiger partial charge on any atom is -0.344 e. The molecule has 0 amide bonds. The molecule has 2 nitrogen and oxygen atoms in total. The van der Waals surface area contributed by atoms with Gasteiger partial charge in [0.1, 0.15) is 0 Å². The number of rotatable bonds is 5. The van der Waals surface area contributed by atoms with Crippen LogP contribution in [0, 0.1) is 79.1 Å². The maximum atomic E-state index is 4.36. The lowest BCUT2D eigenvalue weighted by Gasteiger charge is -2.27. The molecule has 0 aliphatic carbocycles. The summed E-state index contributed by atoms with van der Waals surface area (Å²) in [6.07, 6.45) is 5.59. The fourth-order valence-corrected chi connectivity index (χ4v) is 8.94. The largest absolute Gasteiger partial charge is 0.344 e. The molecule has 0 unspecified atom stereocenters. The molecule has 0 radical (unpaired) electrons. The maximum Gasteiger partial charge on any atom is 0.0921 e. The molecular weight excluding hydrogens is 713 g/mol. The van der Waals surface area contributed by atoms with Crippen LogP contribution in [0.4, 0.5) is 5.69 Å². The highest BCUT2D eigenvalue weighted by molar-refractivity contribution is 5.78. The number of nitrogens with zero attached hydrogens (tertiary/aromatic N) is 2. The molecule has 0 bridgehead atoms. The first-order valence-electron chi connectivity index (χ1n) is 20.8. The van der Waals surface area contributed by atoms with Crippen molar-refractivity contribution in [2.24, 2.45) is 0 Å². The average molecular weight is 765 g/mol. The fourth-order valence-electron chi connectivity index (χ4n) is 8.94. The molecule has 2 heterocycles. The zero-order valence-electron chi connectivity index (χ0n) is 35.7. The van der Waals surface area contributed by atoms with E-state index in [1.165, 1.54) is 89.0 Å². The van der Waals surface area contributed by atoms with Gasteiger partial charge in [0.05, 0.1) is 12.1 Å². The Morgan fingerprint density at radius 1 is 0.373 bits per heavy atom. The molecule has 6 aromatic carbocycles. The minimum absolute atomic E-state index is 0.00123. The molecule has 1 aliphatic rings. The van der Waals surface area contributed by atoms with Crippen molar-refractivity contribution < 1.29 is 0 Å². The fraction of sp³-hybridized carbons (Fsp3) is 0.211. The summed E-state index contributed by atoms with van der Waals surface area (Å²) in [4.78, 5) is 6.77. The number of anilines is 1. The van der Waals surface area contributed by atoms with Gasteiger partial charge in [-0.2, -0.15) is 0 Å². The quantitative estimate of drug-likeness (QED) is 0.162. The summed E-state index contributed by atoms with van der Waals surface area (Å²) in [7, 11) is 0. The molecule has 0 N–H and O–H groups in total. The lowest BCUT2D eigenvalue weighted by molar-refractivity contribution is 0.803. The first-order valence-corrected chi connectivity index (χ1v) is 20.8. The van der Waals surface area contributed by atoms with Gasteiger partial charge in [-0.15, -0.1) is 0 Å². The Bertz CT molecular complexity index is 2440. The Morgan fingerprint density at radius 2 is 0.644 bits per heavy atom. The monoisotopic (exact) mass is 764 g/mol. The molecule has 0 saturated carbocycles. The van der Waals surface area contributed by atoms with E-state index in [4.69, 9.17) is 0 Å². The molecular formula is C57H52N2. The zero-order chi connectivity index (χ0) is 41.2. The smallest absolute Gasteiger partial charge is 0.0921 e. The summed E-state index contributed by atoms with van der Waals surface area (Å²) in [6.45, 7) is 17.4. The topological polar surface area (TPSA) is 16.1 Å². The predicted octanol–water partition coefficient (Wildman–Crippen LogP) is 13.7. The van der Waals surface area contributed by atoms with Gasteiger partial charge in [0.2, 0.25) is 0 Å². The van der Waals surface area contributed by atoms with E-state index in [0.717, 1.165) is 29.7 Å². The van der Waals surface area contributed by atoms with Crippen LogP contribution in [-0.4, -0.2) is 17.1 Å². The van der Waals surface area contributed by atoms with Crippen molar-refractivity contribution in [3.8, 4) is 68.2 Å². The van der Waals surface area contributed by atoms with Crippen LogP contribution in [0.25, 0.3) is 44.5 Å².